The lowest BCUT2D eigenvalue weighted by Gasteiger charge is -2.25. The number of aromatic nitrogens is 2. The smallest absolute Gasteiger partial charge is 0.218 e. The average Bonchev–Trinajstić information content (AvgIpc) is 2.66. The van der Waals surface area contributed by atoms with Gasteiger partial charge in [0, 0.05) is 19.0 Å². The summed E-state index contributed by atoms with van der Waals surface area (Å²) in [6, 6.07) is 0.322. The van der Waals surface area contributed by atoms with Gasteiger partial charge in [-0.3, -0.25) is 0 Å². The number of ether oxygens (including phenoxy) is 1. The summed E-state index contributed by atoms with van der Waals surface area (Å²) in [5, 5.41) is 8.45. The van der Waals surface area contributed by atoms with Crippen LogP contribution >= 0.6 is 11.6 Å². The summed E-state index contributed by atoms with van der Waals surface area (Å²) in [7, 11) is 0. The number of nitrogens with one attached hydrogen (secondary N) is 1. The standard InChI is InChI=1S/C11H16ClN3O/c12-10-9(8-4-1-2-5-13-8)11-15(14-10)6-3-7-16-11/h8,13H,1-7H2. The molecule has 16 heavy (non-hydrogen) atoms. The van der Waals surface area contributed by atoms with E-state index < -0.39 is 0 Å². The average molecular weight is 242 g/mol. The molecule has 0 aliphatic carbocycles. The zero-order valence-electron chi connectivity index (χ0n) is 9.21. The molecular weight excluding hydrogens is 226 g/mol. The minimum atomic E-state index is 0.322. The first-order valence-electron chi connectivity index (χ1n) is 5.98. The molecule has 1 unspecified atom stereocenters. The molecule has 0 aromatic carbocycles. The van der Waals surface area contributed by atoms with Crippen molar-refractivity contribution >= 4 is 11.6 Å². The van der Waals surface area contributed by atoms with E-state index in [1.54, 1.807) is 0 Å². The van der Waals surface area contributed by atoms with Crippen molar-refractivity contribution in [2.24, 2.45) is 0 Å². The number of hydrogen-bond donors (Lipinski definition) is 1. The molecule has 3 heterocycles. The van der Waals surface area contributed by atoms with Gasteiger partial charge < -0.3 is 10.1 Å². The molecular formula is C11H16ClN3O. The maximum absolute atomic E-state index is 6.22. The van der Waals surface area contributed by atoms with Gasteiger partial charge in [-0.05, 0) is 19.4 Å². The Kier molecular flexibility index (Phi) is 2.77. The molecule has 1 N–H and O–H groups in total. The van der Waals surface area contributed by atoms with Gasteiger partial charge in [0.05, 0.1) is 12.2 Å². The molecule has 4 nitrogen and oxygen atoms in total. The molecule has 1 atom stereocenters. The summed E-state index contributed by atoms with van der Waals surface area (Å²) >= 11 is 6.22. The van der Waals surface area contributed by atoms with E-state index in [1.165, 1.54) is 12.8 Å². The van der Waals surface area contributed by atoms with Crippen LogP contribution in [0.3, 0.4) is 0 Å². The van der Waals surface area contributed by atoms with Crippen molar-refractivity contribution in [2.45, 2.75) is 38.3 Å². The van der Waals surface area contributed by atoms with Gasteiger partial charge in [-0.2, -0.15) is 5.10 Å². The van der Waals surface area contributed by atoms with E-state index in [0.29, 0.717) is 11.2 Å². The topological polar surface area (TPSA) is 39.1 Å². The molecule has 0 bridgehead atoms. The Hall–Kier alpha value is -0.740. The third-order valence-corrected chi connectivity index (χ3v) is 3.59. The normalized spacial score (nSPS) is 24.9. The first kappa shape index (κ1) is 10.4. The number of aryl methyl sites for hydroxylation is 1. The van der Waals surface area contributed by atoms with E-state index >= 15 is 0 Å². The minimum Gasteiger partial charge on any atom is -0.477 e. The molecule has 1 saturated heterocycles. The second kappa shape index (κ2) is 4.26. The zero-order valence-corrected chi connectivity index (χ0v) is 9.96. The highest BCUT2D eigenvalue weighted by molar-refractivity contribution is 6.30. The molecule has 3 rings (SSSR count). The number of fused-ring (bicyclic) bond motifs is 1. The van der Waals surface area contributed by atoms with Crippen LogP contribution in [0, 0.1) is 0 Å². The number of nitrogens with zero attached hydrogens (tertiary/aromatic N) is 2. The van der Waals surface area contributed by atoms with Crippen LogP contribution in [0.1, 0.15) is 37.3 Å². The predicted molar refractivity (Wildman–Crippen MR) is 61.9 cm³/mol. The van der Waals surface area contributed by atoms with Gasteiger partial charge in [-0.15, -0.1) is 0 Å². The highest BCUT2D eigenvalue weighted by Gasteiger charge is 2.28. The SMILES string of the molecule is Clc1nn2c(c1C1CCCCN1)OCCC2. The van der Waals surface area contributed by atoms with E-state index in [0.717, 1.165) is 44.0 Å². The fourth-order valence-corrected chi connectivity index (χ4v) is 2.81. The predicted octanol–water partition coefficient (Wildman–Crippen LogP) is 2.13. The van der Waals surface area contributed by atoms with Crippen molar-refractivity contribution in [2.75, 3.05) is 13.2 Å². The summed E-state index contributed by atoms with van der Waals surface area (Å²) in [6.45, 7) is 2.76. The number of piperidine rings is 1. The lowest BCUT2D eigenvalue weighted by Crippen LogP contribution is -2.27. The molecule has 1 aromatic heterocycles. The molecule has 1 fully saturated rings. The second-order valence-electron chi connectivity index (χ2n) is 4.44. The summed E-state index contributed by atoms with van der Waals surface area (Å²) in [5.74, 6) is 0.885. The van der Waals surface area contributed by atoms with E-state index in [-0.39, 0.29) is 0 Å². The van der Waals surface area contributed by atoms with Crippen molar-refractivity contribution in [1.82, 2.24) is 15.1 Å². The van der Waals surface area contributed by atoms with Crippen LogP contribution in [0.2, 0.25) is 5.15 Å². The first-order valence-corrected chi connectivity index (χ1v) is 6.36. The third kappa shape index (κ3) is 1.70. The van der Waals surface area contributed by atoms with Crippen molar-refractivity contribution in [1.29, 1.82) is 0 Å². The van der Waals surface area contributed by atoms with Gasteiger partial charge in [-0.25, -0.2) is 4.68 Å². The van der Waals surface area contributed by atoms with Crippen LogP contribution < -0.4 is 10.1 Å². The van der Waals surface area contributed by atoms with Gasteiger partial charge in [0.15, 0.2) is 5.15 Å². The Morgan fingerprint density at radius 2 is 2.31 bits per heavy atom. The van der Waals surface area contributed by atoms with Gasteiger partial charge in [0.2, 0.25) is 5.88 Å². The molecule has 88 valence electrons. The van der Waals surface area contributed by atoms with Gasteiger partial charge in [-0.1, -0.05) is 18.0 Å². The van der Waals surface area contributed by atoms with E-state index in [9.17, 15) is 0 Å². The second-order valence-corrected chi connectivity index (χ2v) is 4.80. The maximum Gasteiger partial charge on any atom is 0.218 e. The first-order chi connectivity index (χ1) is 7.86. The molecule has 0 saturated carbocycles. The fourth-order valence-electron chi connectivity index (χ4n) is 2.51. The highest BCUT2D eigenvalue weighted by atomic mass is 35.5. The monoisotopic (exact) mass is 241 g/mol. The Balaban J connectivity index is 1.95. The molecule has 5 heteroatoms. The van der Waals surface area contributed by atoms with Crippen LogP contribution in [0.15, 0.2) is 0 Å². The molecule has 0 amide bonds. The number of hydrogen-bond acceptors (Lipinski definition) is 3. The molecule has 2 aliphatic heterocycles. The van der Waals surface area contributed by atoms with Gasteiger partial charge >= 0.3 is 0 Å². The Labute approximate surface area is 99.9 Å². The van der Waals surface area contributed by atoms with Crippen LogP contribution in [0.25, 0.3) is 0 Å². The largest absolute Gasteiger partial charge is 0.477 e. The lowest BCUT2D eigenvalue weighted by atomic mass is 10.00. The van der Waals surface area contributed by atoms with Crippen molar-refractivity contribution in [3.05, 3.63) is 10.7 Å². The fraction of sp³-hybridized carbons (Fsp3) is 0.727. The summed E-state index contributed by atoms with van der Waals surface area (Å²) in [4.78, 5) is 0. The third-order valence-electron chi connectivity index (χ3n) is 3.31. The zero-order chi connectivity index (χ0) is 11.0. The minimum absolute atomic E-state index is 0.322. The Morgan fingerprint density at radius 3 is 3.12 bits per heavy atom. The van der Waals surface area contributed by atoms with Crippen molar-refractivity contribution < 1.29 is 4.74 Å². The van der Waals surface area contributed by atoms with Crippen LogP contribution in [-0.2, 0) is 6.54 Å². The number of halogens is 1. The van der Waals surface area contributed by atoms with Gasteiger partial charge in [0.25, 0.3) is 0 Å². The quantitative estimate of drug-likeness (QED) is 0.819. The Bertz CT molecular complexity index is 385. The van der Waals surface area contributed by atoms with Crippen molar-refractivity contribution in [3.63, 3.8) is 0 Å². The van der Waals surface area contributed by atoms with Crippen LogP contribution in [-0.4, -0.2) is 22.9 Å². The Morgan fingerprint density at radius 1 is 1.38 bits per heavy atom. The lowest BCUT2D eigenvalue weighted by molar-refractivity contribution is 0.224. The van der Waals surface area contributed by atoms with Crippen LogP contribution in [0.5, 0.6) is 5.88 Å². The van der Waals surface area contributed by atoms with Crippen molar-refractivity contribution in [3.8, 4) is 5.88 Å². The molecule has 0 radical (unpaired) electrons. The van der Waals surface area contributed by atoms with E-state index in [2.05, 4.69) is 10.4 Å². The molecule has 2 aliphatic rings. The summed E-state index contributed by atoms with van der Waals surface area (Å²) < 4.78 is 7.60. The number of rotatable bonds is 1. The highest BCUT2D eigenvalue weighted by Crippen LogP contribution is 2.37. The molecule has 0 spiro atoms. The van der Waals surface area contributed by atoms with Crippen LogP contribution in [0.4, 0.5) is 0 Å². The summed E-state index contributed by atoms with van der Waals surface area (Å²) in [6.07, 6.45) is 4.64. The van der Waals surface area contributed by atoms with E-state index in [4.69, 9.17) is 16.3 Å². The molecule has 1 aromatic rings. The summed E-state index contributed by atoms with van der Waals surface area (Å²) in [5.41, 5.74) is 1.07. The van der Waals surface area contributed by atoms with E-state index in [1.807, 2.05) is 4.68 Å². The van der Waals surface area contributed by atoms with Gasteiger partial charge in [0.1, 0.15) is 0 Å². The maximum atomic E-state index is 6.22.